The zero-order chi connectivity index (χ0) is 8.81. The van der Waals surface area contributed by atoms with Crippen LogP contribution in [0.5, 0.6) is 11.5 Å². The van der Waals surface area contributed by atoms with Crippen molar-refractivity contribution in [1.82, 2.24) is 0 Å². The summed E-state index contributed by atoms with van der Waals surface area (Å²) in [6, 6.07) is 8.36. The third-order valence-corrected chi connectivity index (χ3v) is 1.47. The van der Waals surface area contributed by atoms with E-state index < -0.39 is 0 Å². The van der Waals surface area contributed by atoms with E-state index in [1.165, 1.54) is 0 Å². The fourth-order valence-corrected chi connectivity index (χ4v) is 0.892. The van der Waals surface area contributed by atoms with Crippen molar-refractivity contribution < 1.29 is 26.5 Å². The second-order valence-corrected chi connectivity index (χ2v) is 2.43. The molecule has 0 aromatic heterocycles. The minimum Gasteiger partial charge on any atom is -1.00 e. The first kappa shape index (κ1) is 16.5. The number of hydrogen-bond donors (Lipinski definition) is 0. The average molecular weight is 269 g/mol. The molecule has 0 saturated heterocycles. The normalized spacial score (nSPS) is 8.14. The van der Waals surface area contributed by atoms with Crippen LogP contribution < -0.4 is 26.5 Å². The molecule has 2 nitrogen and oxygen atoms in total. The van der Waals surface area contributed by atoms with E-state index >= 15 is 0 Å². The molecule has 0 bridgehead atoms. The summed E-state index contributed by atoms with van der Waals surface area (Å²) in [4.78, 5) is 0. The first-order valence-electron chi connectivity index (χ1n) is 4.05. The predicted molar refractivity (Wildman–Crippen MR) is 53.4 cm³/mol. The zero-order valence-electron chi connectivity index (χ0n) is 8.55. The molecule has 1 rings (SSSR count). The first-order chi connectivity index (χ1) is 5.88. The Morgan fingerprint density at radius 1 is 1.36 bits per heavy atom. The Morgan fingerprint density at radius 2 is 2.07 bits per heavy atom. The third kappa shape index (κ3) is 5.07. The van der Waals surface area contributed by atoms with E-state index in [1.807, 2.05) is 12.1 Å². The van der Waals surface area contributed by atoms with Crippen molar-refractivity contribution in [3.8, 4) is 11.5 Å². The summed E-state index contributed by atoms with van der Waals surface area (Å²) in [6.45, 7) is 2.79. The number of ether oxygens (including phenoxy) is 2. The van der Waals surface area contributed by atoms with Gasteiger partial charge in [0.15, 0.2) is 0 Å². The predicted octanol–water partition coefficient (Wildman–Crippen LogP) is -1.09. The average Bonchev–Trinajstić information content (AvgIpc) is 2.15. The Morgan fingerprint density at radius 3 is 2.64 bits per heavy atom. The molecule has 4 heteroatoms. The fourth-order valence-electron chi connectivity index (χ4n) is 0.892. The van der Waals surface area contributed by atoms with Crippen LogP contribution in [0.25, 0.3) is 0 Å². The van der Waals surface area contributed by atoms with Gasteiger partial charge in [0.2, 0.25) is 0 Å². The van der Waals surface area contributed by atoms with E-state index in [2.05, 4.69) is 13.0 Å². The van der Waals surface area contributed by atoms with E-state index in [0.717, 1.165) is 24.5 Å². The molecular formula is C10H13BrMgO2. The van der Waals surface area contributed by atoms with Gasteiger partial charge in [-0.25, -0.2) is 0 Å². The summed E-state index contributed by atoms with van der Waals surface area (Å²) in [6.07, 6.45) is 1.00. The molecule has 0 fully saturated rings. The largest absolute Gasteiger partial charge is 2.00 e. The van der Waals surface area contributed by atoms with Crippen LogP contribution in [0.1, 0.15) is 13.3 Å². The standard InChI is InChI=1S/C10H13O2.BrH.Mg/c1-3-8-12-10-7-5-4-6-9(10)11-2;;/h5-7H,3,8H2,1-2H3;1H;/q-1;;+2/p-1. The maximum atomic E-state index is 5.43. The number of benzene rings is 1. The maximum Gasteiger partial charge on any atom is 2.00 e. The Kier molecular flexibility index (Phi) is 11.3. The van der Waals surface area contributed by atoms with Gasteiger partial charge in [0, 0.05) is 5.75 Å². The molecule has 74 valence electrons. The Balaban J connectivity index is 0. The molecule has 14 heavy (non-hydrogen) atoms. The summed E-state index contributed by atoms with van der Waals surface area (Å²) in [5.41, 5.74) is 0. The van der Waals surface area contributed by atoms with Crippen molar-refractivity contribution in [2.45, 2.75) is 13.3 Å². The topological polar surface area (TPSA) is 18.5 Å². The minimum atomic E-state index is 0. The van der Waals surface area contributed by atoms with Crippen LogP contribution >= 0.6 is 0 Å². The van der Waals surface area contributed by atoms with Gasteiger partial charge in [-0.1, -0.05) is 6.92 Å². The molecule has 0 aliphatic carbocycles. The summed E-state index contributed by atoms with van der Waals surface area (Å²) in [5, 5.41) is 0. The first-order valence-corrected chi connectivity index (χ1v) is 4.05. The molecule has 0 saturated carbocycles. The Hall–Kier alpha value is 0.0662. The monoisotopic (exact) mass is 268 g/mol. The third-order valence-electron chi connectivity index (χ3n) is 1.47. The molecule has 0 heterocycles. The van der Waals surface area contributed by atoms with Crippen molar-refractivity contribution in [3.05, 3.63) is 24.3 Å². The van der Waals surface area contributed by atoms with Gasteiger partial charge in [0.25, 0.3) is 0 Å². The molecule has 0 aliphatic rings. The number of methoxy groups -OCH3 is 1. The van der Waals surface area contributed by atoms with Crippen LogP contribution in [0.3, 0.4) is 0 Å². The Labute approximate surface area is 112 Å². The van der Waals surface area contributed by atoms with Crippen LogP contribution in [0.4, 0.5) is 0 Å². The van der Waals surface area contributed by atoms with Gasteiger partial charge in [0.1, 0.15) is 0 Å². The van der Waals surface area contributed by atoms with E-state index in [9.17, 15) is 0 Å². The van der Waals surface area contributed by atoms with Gasteiger partial charge in [-0.2, -0.15) is 12.1 Å². The molecule has 0 N–H and O–H groups in total. The molecule has 0 atom stereocenters. The van der Waals surface area contributed by atoms with Crippen LogP contribution in [-0.2, 0) is 0 Å². The second kappa shape index (κ2) is 9.61. The minimum absolute atomic E-state index is 0. The smallest absolute Gasteiger partial charge is 1.00 e. The van der Waals surface area contributed by atoms with Crippen molar-refractivity contribution in [2.24, 2.45) is 0 Å². The number of halogens is 1. The summed E-state index contributed by atoms with van der Waals surface area (Å²) in [5.74, 6) is 1.53. The van der Waals surface area contributed by atoms with Gasteiger partial charge in [-0.3, -0.25) is 0 Å². The fraction of sp³-hybridized carbons (Fsp3) is 0.400. The van der Waals surface area contributed by atoms with Crippen LogP contribution in [0.15, 0.2) is 18.2 Å². The van der Waals surface area contributed by atoms with Crippen molar-refractivity contribution in [2.75, 3.05) is 13.7 Å². The van der Waals surface area contributed by atoms with Crippen LogP contribution in [0.2, 0.25) is 0 Å². The SMILES string of the molecule is CCCOc1cc[c-]cc1OC.[Br-].[Mg+2]. The molecule has 0 amide bonds. The molecule has 1 aromatic carbocycles. The maximum absolute atomic E-state index is 5.43. The second-order valence-electron chi connectivity index (χ2n) is 2.43. The Bertz CT molecular complexity index is 243. The molecule has 0 unspecified atom stereocenters. The van der Waals surface area contributed by atoms with Crippen molar-refractivity contribution in [1.29, 1.82) is 0 Å². The van der Waals surface area contributed by atoms with Gasteiger partial charge in [-0.05, 0) is 6.42 Å². The van der Waals surface area contributed by atoms with E-state index in [-0.39, 0.29) is 40.0 Å². The number of hydrogen-bond acceptors (Lipinski definition) is 2. The van der Waals surface area contributed by atoms with Crippen molar-refractivity contribution in [3.63, 3.8) is 0 Å². The van der Waals surface area contributed by atoms with Crippen molar-refractivity contribution >= 4 is 23.1 Å². The number of rotatable bonds is 4. The molecule has 1 aromatic rings. The summed E-state index contributed by atoms with van der Waals surface area (Å²) >= 11 is 0. The van der Waals surface area contributed by atoms with Gasteiger partial charge in [0.05, 0.1) is 19.5 Å². The van der Waals surface area contributed by atoms with E-state index in [1.54, 1.807) is 13.2 Å². The summed E-state index contributed by atoms with van der Waals surface area (Å²) in [7, 11) is 1.63. The molecular weight excluding hydrogens is 256 g/mol. The molecule has 0 aliphatic heterocycles. The molecule has 0 radical (unpaired) electrons. The van der Waals surface area contributed by atoms with Gasteiger partial charge in [-0.15, -0.1) is 12.1 Å². The van der Waals surface area contributed by atoms with Crippen LogP contribution in [0, 0.1) is 6.07 Å². The van der Waals surface area contributed by atoms with E-state index in [4.69, 9.17) is 9.47 Å². The summed E-state index contributed by atoms with van der Waals surface area (Å²) < 4.78 is 10.5. The quantitative estimate of drug-likeness (QED) is 0.511. The van der Waals surface area contributed by atoms with Gasteiger partial charge < -0.3 is 26.5 Å². The van der Waals surface area contributed by atoms with E-state index in [0.29, 0.717) is 0 Å². The molecule has 0 spiro atoms. The van der Waals surface area contributed by atoms with Crippen LogP contribution in [-0.4, -0.2) is 36.8 Å². The van der Waals surface area contributed by atoms with Gasteiger partial charge >= 0.3 is 23.1 Å². The zero-order valence-corrected chi connectivity index (χ0v) is 11.5.